The first-order chi connectivity index (χ1) is 9.83. The molecule has 1 aromatic heterocycles. The van der Waals surface area contributed by atoms with Crippen molar-refractivity contribution in [2.24, 2.45) is 0 Å². The van der Waals surface area contributed by atoms with Crippen LogP contribution in [0.1, 0.15) is 11.9 Å². The van der Waals surface area contributed by atoms with Gasteiger partial charge in [0.15, 0.2) is 5.78 Å². The summed E-state index contributed by atoms with van der Waals surface area (Å²) in [7, 11) is 0. The van der Waals surface area contributed by atoms with E-state index < -0.39 is 6.36 Å². The maximum atomic E-state index is 12.1. The van der Waals surface area contributed by atoms with Crippen LogP contribution in [-0.2, 0) is 4.79 Å². The molecule has 21 heavy (non-hydrogen) atoms. The summed E-state index contributed by atoms with van der Waals surface area (Å²) in [6.07, 6.45) is -1.70. The molecular formula is C14H10F3NO2S. The van der Waals surface area contributed by atoms with E-state index >= 15 is 0 Å². The van der Waals surface area contributed by atoms with Crippen LogP contribution in [0.2, 0.25) is 0 Å². The van der Waals surface area contributed by atoms with Crippen LogP contribution in [0.3, 0.4) is 0 Å². The van der Waals surface area contributed by atoms with Gasteiger partial charge < -0.3 is 4.74 Å². The van der Waals surface area contributed by atoms with Gasteiger partial charge in [-0.2, -0.15) is 0 Å². The van der Waals surface area contributed by atoms with E-state index in [-0.39, 0.29) is 11.5 Å². The Morgan fingerprint density at radius 2 is 1.95 bits per heavy atom. The second kappa shape index (κ2) is 6.09. The zero-order chi connectivity index (χ0) is 15.5. The zero-order valence-corrected chi connectivity index (χ0v) is 11.7. The molecule has 0 unspecified atom stereocenters. The minimum atomic E-state index is -4.70. The van der Waals surface area contributed by atoms with E-state index in [4.69, 9.17) is 0 Å². The minimum Gasteiger partial charge on any atom is -0.406 e. The van der Waals surface area contributed by atoms with E-state index in [2.05, 4.69) is 9.72 Å². The number of nitrogens with zero attached hydrogens (tertiary/aromatic N) is 1. The van der Waals surface area contributed by atoms with Crippen molar-refractivity contribution >= 4 is 23.2 Å². The van der Waals surface area contributed by atoms with Gasteiger partial charge in [-0.3, -0.25) is 4.79 Å². The topological polar surface area (TPSA) is 39.2 Å². The molecular weight excluding hydrogens is 303 g/mol. The predicted octanol–water partition coefficient (Wildman–Crippen LogP) is 4.31. The van der Waals surface area contributed by atoms with E-state index in [1.54, 1.807) is 11.5 Å². The molecule has 0 saturated heterocycles. The molecule has 0 saturated carbocycles. The lowest BCUT2D eigenvalue weighted by Gasteiger charge is -2.08. The molecule has 7 heteroatoms. The van der Waals surface area contributed by atoms with Gasteiger partial charge in [-0.05, 0) is 43.3 Å². The first-order valence-corrected chi connectivity index (χ1v) is 6.72. The number of carbonyl (C=O) groups excluding carboxylic acids is 1. The lowest BCUT2D eigenvalue weighted by atomic mass is 10.2. The summed E-state index contributed by atoms with van der Waals surface area (Å²) in [5.41, 5.74) is 1.30. The Bertz CT molecular complexity index is 660. The second-order valence-electron chi connectivity index (χ2n) is 4.09. The number of ether oxygens (including phenoxy) is 1. The summed E-state index contributed by atoms with van der Waals surface area (Å²) in [4.78, 5) is 15.1. The molecule has 1 aromatic carbocycles. The number of ketones is 1. The monoisotopic (exact) mass is 313 g/mol. The molecule has 0 radical (unpaired) electrons. The number of carbonyl (C=O) groups is 1. The zero-order valence-electron chi connectivity index (χ0n) is 10.8. The van der Waals surface area contributed by atoms with Gasteiger partial charge in [0.05, 0.1) is 5.69 Å². The number of rotatable bonds is 4. The number of benzene rings is 1. The van der Waals surface area contributed by atoms with Crippen molar-refractivity contribution in [3.05, 3.63) is 40.7 Å². The molecule has 0 aliphatic heterocycles. The molecule has 0 fully saturated rings. The summed E-state index contributed by atoms with van der Waals surface area (Å²) in [5.74, 6) is -0.362. The van der Waals surface area contributed by atoms with Gasteiger partial charge >= 0.3 is 6.36 Å². The lowest BCUT2D eigenvalue weighted by Crippen LogP contribution is -2.16. The van der Waals surface area contributed by atoms with Crippen LogP contribution >= 0.6 is 11.3 Å². The maximum absolute atomic E-state index is 12.1. The van der Waals surface area contributed by atoms with Crippen LogP contribution in [0.25, 0.3) is 17.3 Å². The summed E-state index contributed by atoms with van der Waals surface area (Å²) < 4.78 is 39.9. The first-order valence-electron chi connectivity index (χ1n) is 5.84. The van der Waals surface area contributed by atoms with Crippen molar-refractivity contribution in [2.45, 2.75) is 13.3 Å². The fraction of sp³-hybridized carbons (Fsp3) is 0.143. The predicted molar refractivity (Wildman–Crippen MR) is 73.9 cm³/mol. The number of hydrogen-bond donors (Lipinski definition) is 0. The smallest absolute Gasteiger partial charge is 0.406 e. The normalized spacial score (nSPS) is 11.8. The first kappa shape index (κ1) is 15.2. The Morgan fingerprint density at radius 1 is 1.29 bits per heavy atom. The molecule has 2 rings (SSSR count). The van der Waals surface area contributed by atoms with Crippen LogP contribution in [0, 0.1) is 0 Å². The number of thiazole rings is 1. The van der Waals surface area contributed by atoms with Gasteiger partial charge in [0.25, 0.3) is 0 Å². The van der Waals surface area contributed by atoms with E-state index in [9.17, 15) is 18.0 Å². The molecule has 0 aliphatic rings. The average molecular weight is 313 g/mol. The minimum absolute atomic E-state index is 0.0830. The highest BCUT2D eigenvalue weighted by atomic mass is 32.1. The van der Waals surface area contributed by atoms with Gasteiger partial charge in [0.1, 0.15) is 10.8 Å². The molecule has 0 atom stereocenters. The number of halogens is 3. The van der Waals surface area contributed by atoms with Crippen molar-refractivity contribution in [1.29, 1.82) is 0 Å². The molecule has 1 heterocycles. The van der Waals surface area contributed by atoms with Crippen molar-refractivity contribution < 1.29 is 22.7 Å². The molecule has 0 aliphatic carbocycles. The quantitative estimate of drug-likeness (QED) is 0.790. The second-order valence-corrected chi connectivity index (χ2v) is 4.98. The van der Waals surface area contributed by atoms with Crippen molar-refractivity contribution in [3.8, 4) is 17.0 Å². The molecule has 110 valence electrons. The number of hydrogen-bond acceptors (Lipinski definition) is 4. The highest BCUT2D eigenvalue weighted by Crippen LogP contribution is 2.27. The number of allylic oxidation sites excluding steroid dienone is 1. The van der Waals surface area contributed by atoms with Crippen LogP contribution in [0.4, 0.5) is 13.2 Å². The number of alkyl halides is 3. The highest BCUT2D eigenvalue weighted by molar-refractivity contribution is 7.10. The maximum Gasteiger partial charge on any atom is 0.573 e. The van der Waals surface area contributed by atoms with Gasteiger partial charge in [0.2, 0.25) is 0 Å². The fourth-order valence-electron chi connectivity index (χ4n) is 1.51. The van der Waals surface area contributed by atoms with Gasteiger partial charge in [-0.1, -0.05) is 0 Å². The highest BCUT2D eigenvalue weighted by Gasteiger charge is 2.30. The molecule has 3 nitrogen and oxygen atoms in total. The van der Waals surface area contributed by atoms with Crippen LogP contribution in [0.15, 0.2) is 35.7 Å². The molecule has 0 amide bonds. The Morgan fingerprint density at radius 3 is 2.52 bits per heavy atom. The Labute approximate surface area is 122 Å². The summed E-state index contributed by atoms with van der Waals surface area (Å²) in [6, 6.07) is 5.45. The van der Waals surface area contributed by atoms with Crippen molar-refractivity contribution in [2.75, 3.05) is 0 Å². The molecule has 0 spiro atoms. The Kier molecular flexibility index (Phi) is 4.42. The fourth-order valence-corrected chi connectivity index (χ4v) is 2.23. The Balaban J connectivity index is 2.14. The van der Waals surface area contributed by atoms with E-state index in [1.165, 1.54) is 48.6 Å². The third-order valence-electron chi connectivity index (χ3n) is 2.37. The molecule has 0 N–H and O–H groups in total. The SMILES string of the molecule is CC(=O)/C=C/c1nc(-c2ccc(OC(F)(F)F)cc2)cs1. The average Bonchev–Trinajstić information content (AvgIpc) is 2.84. The van der Waals surface area contributed by atoms with Crippen molar-refractivity contribution in [1.82, 2.24) is 4.98 Å². The Hall–Kier alpha value is -2.15. The van der Waals surface area contributed by atoms with Crippen LogP contribution in [0.5, 0.6) is 5.75 Å². The van der Waals surface area contributed by atoms with E-state index in [0.29, 0.717) is 16.3 Å². The van der Waals surface area contributed by atoms with Gasteiger partial charge in [-0.25, -0.2) is 4.98 Å². The van der Waals surface area contributed by atoms with Crippen molar-refractivity contribution in [3.63, 3.8) is 0 Å². The lowest BCUT2D eigenvalue weighted by molar-refractivity contribution is -0.274. The third kappa shape index (κ3) is 4.71. The largest absolute Gasteiger partial charge is 0.573 e. The van der Waals surface area contributed by atoms with Crippen LogP contribution < -0.4 is 4.74 Å². The van der Waals surface area contributed by atoms with E-state index in [0.717, 1.165) is 0 Å². The van der Waals surface area contributed by atoms with E-state index in [1.807, 2.05) is 0 Å². The van der Waals surface area contributed by atoms with Crippen LogP contribution in [-0.4, -0.2) is 17.1 Å². The van der Waals surface area contributed by atoms with Gasteiger partial charge in [-0.15, -0.1) is 24.5 Å². The molecule has 0 bridgehead atoms. The standard InChI is InChI=1S/C14H10F3NO2S/c1-9(19)2-7-13-18-12(8-21-13)10-3-5-11(6-4-10)20-14(15,16)17/h2-8H,1H3/b7-2+. The molecule has 2 aromatic rings. The third-order valence-corrected chi connectivity index (χ3v) is 3.18. The number of aromatic nitrogens is 1. The summed E-state index contributed by atoms with van der Waals surface area (Å²) >= 11 is 1.34. The summed E-state index contributed by atoms with van der Waals surface area (Å²) in [5, 5.41) is 2.41. The van der Waals surface area contributed by atoms with Gasteiger partial charge in [0, 0.05) is 10.9 Å². The summed E-state index contributed by atoms with van der Waals surface area (Å²) in [6.45, 7) is 1.43.